The van der Waals surface area contributed by atoms with Crippen molar-refractivity contribution in [3.05, 3.63) is 50.3 Å². The number of nitrogens with one attached hydrogen (secondary N) is 1. The first-order valence-electron chi connectivity index (χ1n) is 6.12. The first-order valence-corrected chi connectivity index (χ1v) is 7.20. The van der Waals surface area contributed by atoms with E-state index in [1.165, 1.54) is 6.33 Å². The number of rotatable bonds is 3. The lowest BCUT2D eigenvalue weighted by atomic mass is 10.3. The van der Waals surface area contributed by atoms with Gasteiger partial charge in [0.25, 0.3) is 5.56 Å². The van der Waals surface area contributed by atoms with Crippen LogP contribution in [-0.2, 0) is 6.42 Å². The zero-order chi connectivity index (χ0) is 14.1. The van der Waals surface area contributed by atoms with Crippen LogP contribution in [0.3, 0.4) is 0 Å². The number of hydrogen-bond acceptors (Lipinski definition) is 4. The molecule has 7 heteroatoms. The number of H-pyrrole nitrogens is 1. The molecule has 2 aromatic heterocycles. The molecule has 3 rings (SSSR count). The first kappa shape index (κ1) is 13.3. The topological polar surface area (TPSA) is 89.6 Å². The molecule has 0 aliphatic carbocycles. The molecule has 0 spiro atoms. The number of imidazole rings is 1. The van der Waals surface area contributed by atoms with E-state index < -0.39 is 0 Å². The SMILES string of the molecule is NCCc1nc2ccccc2n1-c1nc[nH]c(=O)c1I. The Morgan fingerprint density at radius 1 is 1.35 bits per heavy atom. The molecule has 6 nitrogen and oxygen atoms in total. The predicted molar refractivity (Wildman–Crippen MR) is 85.0 cm³/mol. The van der Waals surface area contributed by atoms with Gasteiger partial charge in [-0.25, -0.2) is 9.97 Å². The monoisotopic (exact) mass is 381 g/mol. The van der Waals surface area contributed by atoms with Crippen LogP contribution < -0.4 is 11.3 Å². The average molecular weight is 381 g/mol. The highest BCUT2D eigenvalue weighted by Crippen LogP contribution is 2.22. The van der Waals surface area contributed by atoms with Gasteiger partial charge in [0.1, 0.15) is 9.39 Å². The van der Waals surface area contributed by atoms with Crippen molar-refractivity contribution in [2.24, 2.45) is 5.73 Å². The van der Waals surface area contributed by atoms with E-state index in [0.717, 1.165) is 16.9 Å². The number of nitrogens with two attached hydrogens (primary N) is 1. The smallest absolute Gasteiger partial charge is 0.266 e. The molecule has 2 heterocycles. The van der Waals surface area contributed by atoms with Crippen molar-refractivity contribution in [2.45, 2.75) is 6.42 Å². The normalized spacial score (nSPS) is 11.1. The summed E-state index contributed by atoms with van der Waals surface area (Å²) < 4.78 is 2.44. The molecule has 102 valence electrons. The fourth-order valence-electron chi connectivity index (χ4n) is 2.14. The van der Waals surface area contributed by atoms with Gasteiger partial charge < -0.3 is 10.7 Å². The lowest BCUT2D eigenvalue weighted by Crippen LogP contribution is -2.17. The minimum atomic E-state index is -0.160. The Bertz CT molecular complexity index is 823. The van der Waals surface area contributed by atoms with E-state index in [2.05, 4.69) is 15.0 Å². The van der Waals surface area contributed by atoms with E-state index in [1.54, 1.807) is 0 Å². The van der Waals surface area contributed by atoms with Gasteiger partial charge in [0.15, 0.2) is 5.82 Å². The zero-order valence-electron chi connectivity index (χ0n) is 10.5. The van der Waals surface area contributed by atoms with Crippen LogP contribution in [0.2, 0.25) is 0 Å². The van der Waals surface area contributed by atoms with Crippen molar-refractivity contribution >= 4 is 33.6 Å². The minimum Gasteiger partial charge on any atom is -0.330 e. The van der Waals surface area contributed by atoms with Crippen molar-refractivity contribution in [3.63, 3.8) is 0 Å². The molecule has 0 atom stereocenters. The fourth-order valence-corrected chi connectivity index (χ4v) is 2.67. The van der Waals surface area contributed by atoms with E-state index in [1.807, 2.05) is 51.4 Å². The molecule has 0 fully saturated rings. The summed E-state index contributed by atoms with van der Waals surface area (Å²) in [7, 11) is 0. The number of hydrogen-bond donors (Lipinski definition) is 2. The molecule has 0 saturated carbocycles. The largest absolute Gasteiger partial charge is 0.330 e. The predicted octanol–water partition coefficient (Wildman–Crippen LogP) is 1.21. The van der Waals surface area contributed by atoms with E-state index in [-0.39, 0.29) is 5.56 Å². The minimum absolute atomic E-state index is 0.160. The Kier molecular flexibility index (Phi) is 3.53. The molecule has 0 aliphatic rings. The molecule has 0 amide bonds. The summed E-state index contributed by atoms with van der Waals surface area (Å²) in [6.45, 7) is 0.489. The van der Waals surface area contributed by atoms with E-state index >= 15 is 0 Å². The van der Waals surface area contributed by atoms with Crippen LogP contribution in [0.4, 0.5) is 0 Å². The van der Waals surface area contributed by atoms with Crippen molar-refractivity contribution < 1.29 is 0 Å². The van der Waals surface area contributed by atoms with Crippen LogP contribution >= 0.6 is 22.6 Å². The van der Waals surface area contributed by atoms with Gasteiger partial charge in [-0.1, -0.05) is 12.1 Å². The van der Waals surface area contributed by atoms with Gasteiger partial charge in [0, 0.05) is 6.42 Å². The van der Waals surface area contributed by atoms with Gasteiger partial charge in [-0.15, -0.1) is 0 Å². The number of aromatic amines is 1. The molecular formula is C13H12IN5O. The van der Waals surface area contributed by atoms with Crippen LogP contribution in [0.1, 0.15) is 5.82 Å². The van der Waals surface area contributed by atoms with E-state index in [4.69, 9.17) is 5.73 Å². The number of para-hydroxylation sites is 2. The molecule has 0 unspecified atom stereocenters. The van der Waals surface area contributed by atoms with Gasteiger partial charge in [-0.05, 0) is 41.3 Å². The van der Waals surface area contributed by atoms with Gasteiger partial charge >= 0.3 is 0 Å². The van der Waals surface area contributed by atoms with E-state index in [0.29, 0.717) is 22.4 Å². The maximum absolute atomic E-state index is 11.8. The molecular weight excluding hydrogens is 369 g/mol. The average Bonchev–Trinajstić information content (AvgIpc) is 2.80. The summed E-state index contributed by atoms with van der Waals surface area (Å²) in [6, 6.07) is 7.77. The first-order chi connectivity index (χ1) is 9.72. The molecule has 3 N–H and O–H groups in total. The van der Waals surface area contributed by atoms with Crippen LogP contribution in [-0.4, -0.2) is 26.1 Å². The number of fused-ring (bicyclic) bond motifs is 1. The van der Waals surface area contributed by atoms with Crippen molar-refractivity contribution in [2.75, 3.05) is 6.54 Å². The van der Waals surface area contributed by atoms with Gasteiger partial charge in [-0.3, -0.25) is 9.36 Å². The summed E-state index contributed by atoms with van der Waals surface area (Å²) in [5.41, 5.74) is 7.29. The maximum atomic E-state index is 11.8. The lowest BCUT2D eigenvalue weighted by molar-refractivity contribution is 0.826. The zero-order valence-corrected chi connectivity index (χ0v) is 12.7. The van der Waals surface area contributed by atoms with Crippen molar-refractivity contribution in [1.82, 2.24) is 19.5 Å². The number of aromatic nitrogens is 4. The Labute approximate surface area is 128 Å². The molecule has 0 aliphatic heterocycles. The third-order valence-corrected chi connectivity index (χ3v) is 3.96. The molecule has 0 bridgehead atoms. The molecule has 3 aromatic rings. The highest BCUT2D eigenvalue weighted by molar-refractivity contribution is 14.1. The van der Waals surface area contributed by atoms with Gasteiger partial charge in [-0.2, -0.15) is 0 Å². The van der Waals surface area contributed by atoms with Crippen LogP contribution in [0.15, 0.2) is 35.4 Å². The second kappa shape index (κ2) is 5.33. The van der Waals surface area contributed by atoms with Crippen LogP contribution in [0.25, 0.3) is 16.9 Å². The number of nitrogens with zero attached hydrogens (tertiary/aromatic N) is 3. The second-order valence-electron chi connectivity index (χ2n) is 4.26. The summed E-state index contributed by atoms with van der Waals surface area (Å²) in [6.07, 6.45) is 2.03. The van der Waals surface area contributed by atoms with Gasteiger partial charge in [0.05, 0.1) is 17.4 Å². The van der Waals surface area contributed by atoms with Gasteiger partial charge in [0.2, 0.25) is 0 Å². The summed E-state index contributed by atoms with van der Waals surface area (Å²) >= 11 is 2.00. The molecule has 20 heavy (non-hydrogen) atoms. The lowest BCUT2D eigenvalue weighted by Gasteiger charge is -2.08. The Morgan fingerprint density at radius 2 is 2.15 bits per heavy atom. The Hall–Kier alpha value is -1.74. The molecule has 0 radical (unpaired) electrons. The highest BCUT2D eigenvalue weighted by Gasteiger charge is 2.16. The standard InChI is InChI=1S/C13H12IN5O/c14-11-12(16-7-17-13(11)20)19-9-4-2-1-3-8(9)18-10(19)5-6-15/h1-4,7H,5-6,15H2,(H,16,17,20). The van der Waals surface area contributed by atoms with Crippen molar-refractivity contribution in [3.8, 4) is 5.82 Å². The molecule has 1 aromatic carbocycles. The Morgan fingerprint density at radius 3 is 2.95 bits per heavy atom. The third kappa shape index (κ3) is 2.12. The van der Waals surface area contributed by atoms with Crippen molar-refractivity contribution in [1.29, 1.82) is 0 Å². The third-order valence-electron chi connectivity index (χ3n) is 2.99. The summed E-state index contributed by atoms with van der Waals surface area (Å²) in [5, 5.41) is 0. The second-order valence-corrected chi connectivity index (χ2v) is 5.34. The van der Waals surface area contributed by atoms with Crippen LogP contribution in [0.5, 0.6) is 0 Å². The fraction of sp³-hybridized carbons (Fsp3) is 0.154. The molecule has 0 saturated heterocycles. The van der Waals surface area contributed by atoms with Crippen LogP contribution in [0, 0.1) is 3.57 Å². The Balaban J connectivity index is 2.36. The summed E-state index contributed by atoms with van der Waals surface area (Å²) in [4.78, 5) is 23.2. The number of halogens is 1. The highest BCUT2D eigenvalue weighted by atomic mass is 127. The number of benzene rings is 1. The quantitative estimate of drug-likeness (QED) is 0.668. The summed E-state index contributed by atoms with van der Waals surface area (Å²) in [5.74, 6) is 1.40. The van der Waals surface area contributed by atoms with E-state index in [9.17, 15) is 4.79 Å². The maximum Gasteiger partial charge on any atom is 0.266 e.